The number of nitrogens with zero attached hydrogens (tertiary/aromatic N) is 4. The summed E-state index contributed by atoms with van der Waals surface area (Å²) < 4.78 is 31.3. The van der Waals surface area contributed by atoms with Crippen LogP contribution in [-0.2, 0) is 17.6 Å². The molecule has 4 aromatic rings. The molecule has 1 aromatic carbocycles. The van der Waals surface area contributed by atoms with Gasteiger partial charge in [0.15, 0.2) is 0 Å². The molecule has 11 heteroatoms. The summed E-state index contributed by atoms with van der Waals surface area (Å²) in [6.45, 7) is 1.89. The van der Waals surface area contributed by atoms with Gasteiger partial charge in [-0.25, -0.2) is 18.7 Å². The molecular weight excluding hydrogens is 462 g/mol. The van der Waals surface area contributed by atoms with Gasteiger partial charge in [0.05, 0.1) is 35.9 Å². The fourth-order valence-electron chi connectivity index (χ4n) is 4.50. The van der Waals surface area contributed by atoms with Gasteiger partial charge in [-0.1, -0.05) is 0 Å². The van der Waals surface area contributed by atoms with Crippen molar-refractivity contribution in [3.8, 4) is 5.75 Å². The van der Waals surface area contributed by atoms with Gasteiger partial charge in [-0.3, -0.25) is 9.89 Å². The van der Waals surface area contributed by atoms with Crippen LogP contribution in [0.15, 0.2) is 24.7 Å². The zero-order chi connectivity index (χ0) is 23.8. The largest absolute Gasteiger partial charge is 0.492 e. The Bertz CT molecular complexity index is 1350. The molecular formula is C23H24F2N6O2S. The third-order valence-corrected chi connectivity index (χ3v) is 7.24. The third-order valence-electron chi connectivity index (χ3n) is 6.08. The quantitative estimate of drug-likeness (QED) is 0.398. The fourth-order valence-corrected chi connectivity index (χ4v) is 5.76. The highest BCUT2D eigenvalue weighted by molar-refractivity contribution is 7.19. The Labute approximate surface area is 198 Å². The summed E-state index contributed by atoms with van der Waals surface area (Å²) in [4.78, 5) is 24.7. The average Bonchev–Trinajstić information content (AvgIpc) is 3.42. The molecule has 0 aliphatic heterocycles. The molecule has 1 aliphatic rings. The second-order valence-corrected chi connectivity index (χ2v) is 9.40. The molecule has 1 amide bonds. The number of carbonyl (C=O) groups excluding carboxylic acids is 1. The number of anilines is 2. The van der Waals surface area contributed by atoms with Crippen molar-refractivity contribution < 1.29 is 18.3 Å². The summed E-state index contributed by atoms with van der Waals surface area (Å²) in [6, 6.07) is 3.87. The molecule has 3 aromatic heterocycles. The minimum absolute atomic E-state index is 0.234. The molecule has 1 aliphatic carbocycles. The molecule has 0 radical (unpaired) electrons. The van der Waals surface area contributed by atoms with E-state index in [9.17, 15) is 13.6 Å². The van der Waals surface area contributed by atoms with E-state index in [0.29, 0.717) is 37.4 Å². The first-order chi connectivity index (χ1) is 16.4. The van der Waals surface area contributed by atoms with E-state index in [-0.39, 0.29) is 11.8 Å². The summed E-state index contributed by atoms with van der Waals surface area (Å²) in [5, 5.41) is 12.3. The number of ether oxygens (including phenoxy) is 1. The predicted molar refractivity (Wildman–Crippen MR) is 127 cm³/mol. The highest BCUT2D eigenvalue weighted by Crippen LogP contribution is 2.42. The number of aromatic nitrogens is 4. The van der Waals surface area contributed by atoms with Crippen LogP contribution in [0.5, 0.6) is 5.75 Å². The molecule has 34 heavy (non-hydrogen) atoms. The lowest BCUT2D eigenvalue weighted by Crippen LogP contribution is -2.38. The Hall–Kier alpha value is -3.34. The number of aryl methyl sites for hydroxylation is 1. The van der Waals surface area contributed by atoms with Crippen LogP contribution in [0.2, 0.25) is 0 Å². The zero-order valence-corrected chi connectivity index (χ0v) is 19.6. The second kappa shape index (κ2) is 9.13. The summed E-state index contributed by atoms with van der Waals surface area (Å²) in [5.41, 5.74) is 2.77. The van der Waals surface area contributed by atoms with Crippen LogP contribution >= 0.6 is 11.3 Å². The van der Waals surface area contributed by atoms with Gasteiger partial charge in [0.1, 0.15) is 22.7 Å². The second-order valence-electron chi connectivity index (χ2n) is 8.32. The van der Waals surface area contributed by atoms with Crippen molar-refractivity contribution in [3.63, 3.8) is 0 Å². The highest BCUT2D eigenvalue weighted by atomic mass is 32.1. The molecule has 178 valence electrons. The number of halogens is 2. The van der Waals surface area contributed by atoms with Gasteiger partial charge in [0, 0.05) is 29.3 Å². The number of nitrogens with one attached hydrogen (secondary N) is 2. The standard InChI is InChI=1S/C23H24F2N6O2S/c1-3-33-17-8-15-13(9-28-30-15)6-16(17)29-21-20-14-5-4-12(23(32)31(2)10-19(24)25)7-18(14)34-22(20)27-11-26-21/h6,8-9,11-12,19H,3-5,7,10H2,1-2H3,(H,28,30)(H,26,27,29)/t12-/m0/s1. The Kier molecular flexibility index (Phi) is 6.03. The van der Waals surface area contributed by atoms with Crippen LogP contribution < -0.4 is 10.1 Å². The van der Waals surface area contributed by atoms with Crippen molar-refractivity contribution in [3.05, 3.63) is 35.1 Å². The number of rotatable bonds is 7. The number of fused-ring (bicyclic) bond motifs is 4. The van der Waals surface area contributed by atoms with E-state index in [1.54, 1.807) is 6.20 Å². The maximum absolute atomic E-state index is 12.7. The number of alkyl halides is 2. The molecule has 0 unspecified atom stereocenters. The topological polar surface area (TPSA) is 96.0 Å². The van der Waals surface area contributed by atoms with Crippen LogP contribution in [0.25, 0.3) is 21.1 Å². The maximum Gasteiger partial charge on any atom is 0.255 e. The van der Waals surface area contributed by atoms with Gasteiger partial charge in [-0.05, 0) is 37.8 Å². The summed E-state index contributed by atoms with van der Waals surface area (Å²) >= 11 is 1.53. The Morgan fingerprint density at radius 3 is 3.03 bits per heavy atom. The number of thiophene rings is 1. The predicted octanol–water partition coefficient (Wildman–Crippen LogP) is 4.54. The summed E-state index contributed by atoms with van der Waals surface area (Å²) in [7, 11) is 1.44. The number of carbonyl (C=O) groups is 1. The molecule has 0 saturated heterocycles. The fraction of sp³-hybridized carbons (Fsp3) is 0.391. The van der Waals surface area contributed by atoms with Crippen molar-refractivity contribution in [2.24, 2.45) is 5.92 Å². The van der Waals surface area contributed by atoms with Gasteiger partial charge in [-0.15, -0.1) is 11.3 Å². The van der Waals surface area contributed by atoms with Gasteiger partial charge in [-0.2, -0.15) is 5.10 Å². The number of amides is 1. The molecule has 1 atom stereocenters. The van der Waals surface area contributed by atoms with Crippen molar-refractivity contribution in [1.82, 2.24) is 25.1 Å². The summed E-state index contributed by atoms with van der Waals surface area (Å²) in [6.07, 6.45) is 2.51. The normalized spacial score (nSPS) is 15.6. The lowest BCUT2D eigenvalue weighted by Gasteiger charge is -2.26. The Morgan fingerprint density at radius 1 is 1.38 bits per heavy atom. The maximum atomic E-state index is 12.7. The first-order valence-corrected chi connectivity index (χ1v) is 11.9. The summed E-state index contributed by atoms with van der Waals surface area (Å²) in [5.74, 6) is 0.818. The number of H-pyrrole nitrogens is 1. The van der Waals surface area contributed by atoms with E-state index in [0.717, 1.165) is 42.1 Å². The van der Waals surface area contributed by atoms with Crippen LogP contribution in [0.3, 0.4) is 0 Å². The van der Waals surface area contributed by atoms with Gasteiger partial charge in [0.25, 0.3) is 6.43 Å². The minimum atomic E-state index is -2.54. The van der Waals surface area contributed by atoms with E-state index >= 15 is 0 Å². The average molecular weight is 487 g/mol. The highest BCUT2D eigenvalue weighted by Gasteiger charge is 2.31. The number of benzene rings is 1. The zero-order valence-electron chi connectivity index (χ0n) is 18.8. The lowest BCUT2D eigenvalue weighted by atomic mass is 9.87. The molecule has 3 heterocycles. The first-order valence-electron chi connectivity index (χ1n) is 11.1. The lowest BCUT2D eigenvalue weighted by molar-refractivity contribution is -0.136. The molecule has 0 bridgehead atoms. The van der Waals surface area contributed by atoms with E-state index in [2.05, 4.69) is 25.5 Å². The SMILES string of the molecule is CCOc1cc2[nH]ncc2cc1Nc1ncnc2sc3c(c12)CC[C@H](C(=O)N(C)CC(F)F)C3. The molecule has 2 N–H and O–H groups in total. The van der Waals surface area contributed by atoms with Gasteiger partial charge >= 0.3 is 0 Å². The van der Waals surface area contributed by atoms with E-state index in [4.69, 9.17) is 4.74 Å². The molecule has 0 saturated carbocycles. The first kappa shape index (κ1) is 22.5. The van der Waals surface area contributed by atoms with Crippen molar-refractivity contribution in [2.45, 2.75) is 32.6 Å². The van der Waals surface area contributed by atoms with Crippen molar-refractivity contribution in [1.29, 1.82) is 0 Å². The number of hydrogen-bond donors (Lipinski definition) is 2. The monoisotopic (exact) mass is 486 g/mol. The molecule has 0 fully saturated rings. The molecule has 5 rings (SSSR count). The Balaban J connectivity index is 1.47. The molecule has 8 nitrogen and oxygen atoms in total. The number of aromatic amines is 1. The number of hydrogen-bond acceptors (Lipinski definition) is 7. The minimum Gasteiger partial charge on any atom is -0.492 e. The van der Waals surface area contributed by atoms with Crippen LogP contribution in [0, 0.1) is 5.92 Å². The molecule has 0 spiro atoms. The van der Waals surface area contributed by atoms with Gasteiger partial charge < -0.3 is 15.0 Å². The smallest absolute Gasteiger partial charge is 0.255 e. The van der Waals surface area contributed by atoms with Crippen LogP contribution in [0.1, 0.15) is 23.8 Å². The van der Waals surface area contributed by atoms with E-state index < -0.39 is 13.0 Å². The van der Waals surface area contributed by atoms with Crippen molar-refractivity contribution >= 4 is 49.9 Å². The Morgan fingerprint density at radius 2 is 2.24 bits per heavy atom. The van der Waals surface area contributed by atoms with Crippen LogP contribution in [0.4, 0.5) is 20.3 Å². The van der Waals surface area contributed by atoms with Gasteiger partial charge in [0.2, 0.25) is 5.91 Å². The van der Waals surface area contributed by atoms with Crippen LogP contribution in [-0.4, -0.2) is 57.6 Å². The van der Waals surface area contributed by atoms with Crippen molar-refractivity contribution in [2.75, 3.05) is 25.5 Å². The third kappa shape index (κ3) is 4.15. The van der Waals surface area contributed by atoms with E-state index in [1.807, 2.05) is 19.1 Å². The van der Waals surface area contributed by atoms with E-state index in [1.165, 1.54) is 24.7 Å².